The van der Waals surface area contributed by atoms with Gasteiger partial charge in [0, 0.05) is 31.5 Å². The molecule has 1 N–H and O–H groups in total. The van der Waals surface area contributed by atoms with Gasteiger partial charge >= 0.3 is 0 Å². The number of benzene rings is 1. The maximum Gasteiger partial charge on any atom is 0.226 e. The van der Waals surface area contributed by atoms with Crippen molar-refractivity contribution in [3.8, 4) is 0 Å². The second-order valence-corrected chi connectivity index (χ2v) is 8.86. The molecule has 2 aromatic rings. The Hall–Kier alpha value is -2.50. The van der Waals surface area contributed by atoms with Crippen LogP contribution in [0.25, 0.3) is 0 Å². The van der Waals surface area contributed by atoms with Crippen LogP contribution in [0.15, 0.2) is 24.3 Å². The van der Waals surface area contributed by atoms with Crippen molar-refractivity contribution in [3.05, 3.63) is 52.7 Å². The van der Waals surface area contributed by atoms with Crippen LogP contribution in [0.3, 0.4) is 0 Å². The molecule has 4 nitrogen and oxygen atoms in total. The zero-order valence-electron chi connectivity index (χ0n) is 17.1. The van der Waals surface area contributed by atoms with Gasteiger partial charge in [0.05, 0.1) is 11.4 Å². The molecule has 1 aliphatic heterocycles. The van der Waals surface area contributed by atoms with Gasteiger partial charge < -0.3 is 10.2 Å². The Morgan fingerprint density at radius 2 is 1.86 bits per heavy atom. The third-order valence-corrected chi connectivity index (χ3v) is 4.82. The van der Waals surface area contributed by atoms with E-state index >= 15 is 0 Å². The molecular formula is C22H27F2N3O. The van der Waals surface area contributed by atoms with Crippen LogP contribution in [0.4, 0.5) is 20.3 Å². The Morgan fingerprint density at radius 1 is 1.21 bits per heavy atom. The minimum atomic E-state index is -0.576. The number of anilines is 2. The number of aryl methyl sites for hydroxylation is 1. The molecule has 0 spiro atoms. The SMILES string of the molecule is Cc1cc2c(nc1NC(=O)CC(C)(C)C)C[C@@H](C)N2Cc1cc(F)cc(F)c1. The number of carbonyl (C=O) groups excluding carboxylic acids is 1. The van der Waals surface area contributed by atoms with E-state index in [2.05, 4.69) is 22.1 Å². The lowest BCUT2D eigenvalue weighted by atomic mass is 9.92. The van der Waals surface area contributed by atoms with Gasteiger partial charge in [-0.2, -0.15) is 0 Å². The van der Waals surface area contributed by atoms with Crippen molar-refractivity contribution >= 4 is 17.4 Å². The van der Waals surface area contributed by atoms with Crippen molar-refractivity contribution in [2.75, 3.05) is 10.2 Å². The largest absolute Gasteiger partial charge is 0.363 e. The van der Waals surface area contributed by atoms with Crippen LogP contribution in [0.1, 0.15) is 50.9 Å². The number of nitrogens with zero attached hydrogens (tertiary/aromatic N) is 2. The topological polar surface area (TPSA) is 45.2 Å². The lowest BCUT2D eigenvalue weighted by molar-refractivity contribution is -0.117. The molecule has 0 bridgehead atoms. The summed E-state index contributed by atoms with van der Waals surface area (Å²) < 4.78 is 27.1. The van der Waals surface area contributed by atoms with E-state index < -0.39 is 11.6 Å². The summed E-state index contributed by atoms with van der Waals surface area (Å²) in [6, 6.07) is 5.73. The first-order chi connectivity index (χ1) is 13.0. The summed E-state index contributed by atoms with van der Waals surface area (Å²) in [6.07, 6.45) is 1.13. The molecular weight excluding hydrogens is 360 g/mol. The molecule has 1 atom stereocenters. The monoisotopic (exact) mass is 387 g/mol. The average molecular weight is 387 g/mol. The first-order valence-corrected chi connectivity index (χ1v) is 9.54. The van der Waals surface area contributed by atoms with Gasteiger partial charge in [-0.15, -0.1) is 0 Å². The molecule has 1 amide bonds. The third-order valence-electron chi connectivity index (χ3n) is 4.82. The Morgan fingerprint density at radius 3 is 2.46 bits per heavy atom. The molecule has 0 unspecified atom stereocenters. The molecule has 0 radical (unpaired) electrons. The van der Waals surface area contributed by atoms with E-state index in [-0.39, 0.29) is 17.4 Å². The number of hydrogen-bond acceptors (Lipinski definition) is 3. The van der Waals surface area contributed by atoms with Crippen LogP contribution in [0.5, 0.6) is 0 Å². The minimum Gasteiger partial charge on any atom is -0.363 e. The number of halogens is 2. The molecule has 6 heteroatoms. The molecule has 150 valence electrons. The molecule has 0 saturated carbocycles. The predicted molar refractivity (Wildman–Crippen MR) is 107 cm³/mol. The smallest absolute Gasteiger partial charge is 0.226 e. The highest BCUT2D eigenvalue weighted by Crippen LogP contribution is 2.35. The average Bonchev–Trinajstić information content (AvgIpc) is 2.80. The third kappa shape index (κ3) is 4.66. The van der Waals surface area contributed by atoms with E-state index in [0.29, 0.717) is 24.3 Å². The number of hydrogen-bond donors (Lipinski definition) is 1. The first-order valence-electron chi connectivity index (χ1n) is 9.54. The Labute approximate surface area is 165 Å². The predicted octanol–water partition coefficient (Wildman–Crippen LogP) is 4.99. The van der Waals surface area contributed by atoms with Gasteiger partial charge in [0.25, 0.3) is 0 Å². The molecule has 1 aromatic carbocycles. The lowest BCUT2D eigenvalue weighted by Gasteiger charge is -2.25. The van der Waals surface area contributed by atoms with E-state index in [1.165, 1.54) is 12.1 Å². The van der Waals surface area contributed by atoms with Gasteiger partial charge in [0.1, 0.15) is 17.5 Å². The zero-order valence-corrected chi connectivity index (χ0v) is 17.1. The molecule has 0 saturated heterocycles. The number of amides is 1. The van der Waals surface area contributed by atoms with Gasteiger partial charge in [-0.1, -0.05) is 20.8 Å². The summed E-state index contributed by atoms with van der Waals surface area (Å²) in [7, 11) is 0. The first kappa shape index (κ1) is 20.2. The number of pyridine rings is 1. The van der Waals surface area contributed by atoms with Crippen LogP contribution >= 0.6 is 0 Å². The molecule has 2 heterocycles. The van der Waals surface area contributed by atoms with Gasteiger partial charge in [0.15, 0.2) is 0 Å². The van der Waals surface area contributed by atoms with Crippen LogP contribution in [-0.4, -0.2) is 16.9 Å². The second kappa shape index (κ2) is 7.49. The molecule has 28 heavy (non-hydrogen) atoms. The van der Waals surface area contributed by atoms with E-state index in [4.69, 9.17) is 0 Å². The summed E-state index contributed by atoms with van der Waals surface area (Å²) in [4.78, 5) is 19.1. The van der Waals surface area contributed by atoms with E-state index in [0.717, 1.165) is 29.4 Å². The summed E-state index contributed by atoms with van der Waals surface area (Å²) in [5.74, 6) is -0.624. The van der Waals surface area contributed by atoms with Crippen molar-refractivity contribution in [1.82, 2.24) is 4.98 Å². The molecule has 0 aliphatic carbocycles. The van der Waals surface area contributed by atoms with Crippen LogP contribution < -0.4 is 10.2 Å². The lowest BCUT2D eigenvalue weighted by Crippen LogP contribution is -2.28. The van der Waals surface area contributed by atoms with Crippen LogP contribution in [-0.2, 0) is 17.8 Å². The maximum atomic E-state index is 13.5. The highest BCUT2D eigenvalue weighted by molar-refractivity contribution is 5.91. The fraction of sp³-hybridized carbons (Fsp3) is 0.455. The number of aromatic nitrogens is 1. The molecule has 1 aromatic heterocycles. The van der Waals surface area contributed by atoms with E-state index in [9.17, 15) is 13.6 Å². The second-order valence-electron chi connectivity index (χ2n) is 8.86. The van der Waals surface area contributed by atoms with Gasteiger partial charge in [0.2, 0.25) is 5.91 Å². The van der Waals surface area contributed by atoms with Crippen molar-refractivity contribution in [3.63, 3.8) is 0 Å². The van der Waals surface area contributed by atoms with Gasteiger partial charge in [-0.05, 0) is 48.6 Å². The quantitative estimate of drug-likeness (QED) is 0.803. The Balaban J connectivity index is 1.83. The van der Waals surface area contributed by atoms with E-state index in [1.807, 2.05) is 33.8 Å². The summed E-state index contributed by atoms with van der Waals surface area (Å²) in [5.41, 5.74) is 3.19. The zero-order chi connectivity index (χ0) is 20.6. The van der Waals surface area contributed by atoms with Gasteiger partial charge in [-0.3, -0.25) is 4.79 Å². The van der Waals surface area contributed by atoms with Crippen molar-refractivity contribution in [2.45, 2.75) is 60.0 Å². The number of carbonyl (C=O) groups is 1. The van der Waals surface area contributed by atoms with Crippen molar-refractivity contribution < 1.29 is 13.6 Å². The highest BCUT2D eigenvalue weighted by atomic mass is 19.1. The number of nitrogens with one attached hydrogen (secondary N) is 1. The molecule has 3 rings (SSSR count). The van der Waals surface area contributed by atoms with Gasteiger partial charge in [-0.25, -0.2) is 13.8 Å². The van der Waals surface area contributed by atoms with Crippen molar-refractivity contribution in [2.24, 2.45) is 5.41 Å². The Kier molecular flexibility index (Phi) is 5.41. The summed E-state index contributed by atoms with van der Waals surface area (Å²) >= 11 is 0. The highest BCUT2D eigenvalue weighted by Gasteiger charge is 2.29. The fourth-order valence-corrected chi connectivity index (χ4v) is 3.59. The van der Waals surface area contributed by atoms with Crippen LogP contribution in [0, 0.1) is 24.0 Å². The number of fused-ring (bicyclic) bond motifs is 1. The standard InChI is InChI=1S/C22H27F2N3O/c1-13-6-19-18(25-21(13)26-20(28)11-22(3,4)5)7-14(2)27(19)12-15-8-16(23)10-17(24)9-15/h6,8-10,14H,7,11-12H2,1-5H3,(H,25,26,28)/t14-/m1/s1. The fourth-order valence-electron chi connectivity index (χ4n) is 3.59. The van der Waals surface area contributed by atoms with Crippen LogP contribution in [0.2, 0.25) is 0 Å². The van der Waals surface area contributed by atoms with E-state index in [1.54, 1.807) is 0 Å². The van der Waals surface area contributed by atoms with Crippen molar-refractivity contribution in [1.29, 1.82) is 0 Å². The summed E-state index contributed by atoms with van der Waals surface area (Å²) in [5, 5.41) is 2.92. The maximum absolute atomic E-state index is 13.5. The molecule has 0 fully saturated rings. The molecule has 1 aliphatic rings. The summed E-state index contributed by atoms with van der Waals surface area (Å²) in [6.45, 7) is 10.4. The normalized spacial score (nSPS) is 16.2. The Bertz CT molecular complexity index is 885. The number of rotatable bonds is 4. The minimum absolute atomic E-state index is 0.0545.